The average Bonchev–Trinajstić information content (AvgIpc) is 2.19. The Kier molecular flexibility index (Phi) is 3.72. The SMILES string of the molecule is CC(O)C(=O)Nc1ccc(F)c(C(F)(F)F)c1. The number of hydrogen-bond acceptors (Lipinski definition) is 2. The zero-order valence-corrected chi connectivity index (χ0v) is 8.68. The molecule has 17 heavy (non-hydrogen) atoms. The first-order valence-corrected chi connectivity index (χ1v) is 4.57. The number of rotatable bonds is 2. The highest BCUT2D eigenvalue weighted by Crippen LogP contribution is 2.32. The van der Waals surface area contributed by atoms with E-state index in [2.05, 4.69) is 0 Å². The number of carbonyl (C=O) groups excluding carboxylic acids is 1. The number of alkyl halides is 3. The van der Waals surface area contributed by atoms with Crippen LogP contribution in [0.2, 0.25) is 0 Å². The Balaban J connectivity index is 3.01. The number of halogens is 4. The summed E-state index contributed by atoms with van der Waals surface area (Å²) in [5.74, 6) is -2.29. The summed E-state index contributed by atoms with van der Waals surface area (Å²) in [6, 6.07) is 2.04. The lowest BCUT2D eigenvalue weighted by Gasteiger charge is -2.11. The summed E-state index contributed by atoms with van der Waals surface area (Å²) in [7, 11) is 0. The first-order chi connectivity index (χ1) is 7.71. The Morgan fingerprint density at radius 2 is 2.00 bits per heavy atom. The summed E-state index contributed by atoms with van der Waals surface area (Å²) >= 11 is 0. The molecule has 3 nitrogen and oxygen atoms in total. The highest BCUT2D eigenvalue weighted by atomic mass is 19.4. The van der Waals surface area contributed by atoms with Gasteiger partial charge in [0.1, 0.15) is 11.9 Å². The van der Waals surface area contributed by atoms with Gasteiger partial charge in [-0.25, -0.2) is 4.39 Å². The van der Waals surface area contributed by atoms with Crippen LogP contribution in [0.25, 0.3) is 0 Å². The van der Waals surface area contributed by atoms with Gasteiger partial charge in [0.2, 0.25) is 0 Å². The highest BCUT2D eigenvalue weighted by Gasteiger charge is 2.34. The number of carbonyl (C=O) groups is 1. The molecule has 1 unspecified atom stereocenters. The van der Waals surface area contributed by atoms with Crippen LogP contribution >= 0.6 is 0 Å². The van der Waals surface area contributed by atoms with Crippen molar-refractivity contribution < 1.29 is 27.5 Å². The Labute approximate surface area is 94.1 Å². The molecule has 0 saturated heterocycles. The molecule has 0 aromatic heterocycles. The van der Waals surface area contributed by atoms with Crippen LogP contribution in [-0.2, 0) is 11.0 Å². The van der Waals surface area contributed by atoms with E-state index in [1.807, 2.05) is 5.32 Å². The first-order valence-electron chi connectivity index (χ1n) is 4.57. The van der Waals surface area contributed by atoms with Gasteiger partial charge in [-0.2, -0.15) is 13.2 Å². The van der Waals surface area contributed by atoms with Gasteiger partial charge in [0.05, 0.1) is 5.56 Å². The van der Waals surface area contributed by atoms with E-state index in [1.165, 1.54) is 0 Å². The minimum Gasteiger partial charge on any atom is -0.384 e. The summed E-state index contributed by atoms with van der Waals surface area (Å²) < 4.78 is 49.8. The highest BCUT2D eigenvalue weighted by molar-refractivity contribution is 5.93. The predicted molar refractivity (Wildman–Crippen MR) is 51.7 cm³/mol. The van der Waals surface area contributed by atoms with E-state index in [0.717, 1.165) is 13.0 Å². The van der Waals surface area contributed by atoms with Crippen molar-refractivity contribution in [3.05, 3.63) is 29.6 Å². The molecule has 0 spiro atoms. The standard InChI is InChI=1S/C10H9F4NO2/c1-5(16)9(17)15-6-2-3-8(11)7(4-6)10(12,13)14/h2-5,16H,1H3,(H,15,17). The molecule has 0 saturated carbocycles. The number of anilines is 1. The maximum absolute atomic E-state index is 12.9. The largest absolute Gasteiger partial charge is 0.419 e. The lowest BCUT2D eigenvalue weighted by molar-refractivity contribution is -0.140. The summed E-state index contributed by atoms with van der Waals surface area (Å²) in [4.78, 5) is 11.0. The third kappa shape index (κ3) is 3.42. The van der Waals surface area contributed by atoms with Crippen molar-refractivity contribution in [1.29, 1.82) is 0 Å². The minimum atomic E-state index is -4.84. The maximum atomic E-state index is 12.9. The monoisotopic (exact) mass is 251 g/mol. The van der Waals surface area contributed by atoms with Crippen LogP contribution in [0.1, 0.15) is 12.5 Å². The number of aliphatic hydroxyl groups is 1. The molecule has 0 heterocycles. The van der Waals surface area contributed by atoms with E-state index in [1.54, 1.807) is 0 Å². The molecule has 1 aromatic rings. The number of benzene rings is 1. The fraction of sp³-hybridized carbons (Fsp3) is 0.300. The van der Waals surface area contributed by atoms with Crippen molar-refractivity contribution in [2.24, 2.45) is 0 Å². The Bertz CT molecular complexity index is 429. The number of nitrogens with one attached hydrogen (secondary N) is 1. The summed E-state index contributed by atoms with van der Waals surface area (Å²) in [6.07, 6.45) is -6.20. The van der Waals surface area contributed by atoms with Gasteiger partial charge < -0.3 is 10.4 Å². The zero-order valence-electron chi connectivity index (χ0n) is 8.68. The van der Waals surface area contributed by atoms with Crippen molar-refractivity contribution >= 4 is 11.6 Å². The van der Waals surface area contributed by atoms with Gasteiger partial charge in [0.25, 0.3) is 5.91 Å². The molecule has 0 aliphatic carbocycles. The van der Waals surface area contributed by atoms with Gasteiger partial charge in [-0.15, -0.1) is 0 Å². The molecule has 1 amide bonds. The second kappa shape index (κ2) is 4.70. The van der Waals surface area contributed by atoms with Crippen molar-refractivity contribution in [3.8, 4) is 0 Å². The Morgan fingerprint density at radius 1 is 1.41 bits per heavy atom. The molecular weight excluding hydrogens is 242 g/mol. The average molecular weight is 251 g/mol. The second-order valence-electron chi connectivity index (χ2n) is 3.36. The molecule has 0 bridgehead atoms. The molecule has 7 heteroatoms. The van der Waals surface area contributed by atoms with Crippen LogP contribution in [-0.4, -0.2) is 17.1 Å². The van der Waals surface area contributed by atoms with Gasteiger partial charge in [0, 0.05) is 5.69 Å². The second-order valence-corrected chi connectivity index (χ2v) is 3.36. The van der Waals surface area contributed by atoms with Crippen LogP contribution in [0.15, 0.2) is 18.2 Å². The van der Waals surface area contributed by atoms with Gasteiger partial charge in [-0.3, -0.25) is 4.79 Å². The fourth-order valence-electron chi connectivity index (χ4n) is 1.07. The lowest BCUT2D eigenvalue weighted by atomic mass is 10.1. The summed E-state index contributed by atoms with van der Waals surface area (Å²) in [5, 5.41) is 10.9. The van der Waals surface area contributed by atoms with Gasteiger partial charge in [-0.05, 0) is 25.1 Å². The molecule has 1 rings (SSSR count). The molecule has 2 N–H and O–H groups in total. The third-order valence-electron chi connectivity index (χ3n) is 1.92. The quantitative estimate of drug-likeness (QED) is 0.791. The van der Waals surface area contributed by atoms with E-state index in [-0.39, 0.29) is 5.69 Å². The molecule has 0 aliphatic heterocycles. The Hall–Kier alpha value is -1.63. The normalized spacial score (nSPS) is 13.3. The molecule has 1 aromatic carbocycles. The van der Waals surface area contributed by atoms with Crippen LogP contribution in [0.5, 0.6) is 0 Å². The van der Waals surface area contributed by atoms with Crippen molar-refractivity contribution in [3.63, 3.8) is 0 Å². The van der Waals surface area contributed by atoms with E-state index in [4.69, 9.17) is 5.11 Å². The van der Waals surface area contributed by atoms with E-state index < -0.39 is 29.6 Å². The number of hydrogen-bond donors (Lipinski definition) is 2. The van der Waals surface area contributed by atoms with E-state index in [9.17, 15) is 22.4 Å². The summed E-state index contributed by atoms with van der Waals surface area (Å²) in [5.41, 5.74) is -1.70. The van der Waals surface area contributed by atoms with Crippen LogP contribution < -0.4 is 5.32 Å². The van der Waals surface area contributed by atoms with Crippen LogP contribution in [0.3, 0.4) is 0 Å². The van der Waals surface area contributed by atoms with E-state index >= 15 is 0 Å². The first kappa shape index (κ1) is 13.4. The van der Waals surface area contributed by atoms with Crippen LogP contribution in [0.4, 0.5) is 23.2 Å². The Morgan fingerprint density at radius 3 is 2.47 bits per heavy atom. The zero-order chi connectivity index (χ0) is 13.2. The molecule has 0 fully saturated rings. The van der Waals surface area contributed by atoms with E-state index in [0.29, 0.717) is 12.1 Å². The lowest BCUT2D eigenvalue weighted by Crippen LogP contribution is -2.24. The summed E-state index contributed by atoms with van der Waals surface area (Å²) in [6.45, 7) is 1.16. The topological polar surface area (TPSA) is 49.3 Å². The number of aliphatic hydroxyl groups excluding tert-OH is 1. The van der Waals surface area contributed by atoms with Crippen LogP contribution in [0, 0.1) is 5.82 Å². The van der Waals surface area contributed by atoms with Crippen molar-refractivity contribution in [2.75, 3.05) is 5.32 Å². The third-order valence-corrected chi connectivity index (χ3v) is 1.92. The fourth-order valence-corrected chi connectivity index (χ4v) is 1.07. The number of amides is 1. The minimum absolute atomic E-state index is 0.232. The molecular formula is C10H9F4NO2. The van der Waals surface area contributed by atoms with Crippen molar-refractivity contribution in [1.82, 2.24) is 0 Å². The van der Waals surface area contributed by atoms with Gasteiger partial charge >= 0.3 is 6.18 Å². The molecule has 0 radical (unpaired) electrons. The van der Waals surface area contributed by atoms with Gasteiger partial charge in [0.15, 0.2) is 0 Å². The molecule has 1 atom stereocenters. The van der Waals surface area contributed by atoms with Crippen molar-refractivity contribution in [2.45, 2.75) is 19.2 Å². The molecule has 94 valence electrons. The molecule has 0 aliphatic rings. The smallest absolute Gasteiger partial charge is 0.384 e. The maximum Gasteiger partial charge on any atom is 0.419 e. The predicted octanol–water partition coefficient (Wildman–Crippen LogP) is 2.16. The van der Waals surface area contributed by atoms with Gasteiger partial charge in [-0.1, -0.05) is 0 Å².